The summed E-state index contributed by atoms with van der Waals surface area (Å²) in [7, 11) is 0. The number of hydrogen-bond acceptors (Lipinski definition) is 3. The fraction of sp³-hybridized carbons (Fsp3) is 0.400. The third kappa shape index (κ3) is 2.26. The van der Waals surface area contributed by atoms with Crippen molar-refractivity contribution in [1.82, 2.24) is 4.98 Å². The molecule has 16 heavy (non-hydrogen) atoms. The van der Waals surface area contributed by atoms with Crippen molar-refractivity contribution < 1.29 is 18.7 Å². The number of nitrogens with zero attached hydrogens (tertiary/aromatic N) is 2. The molecule has 1 aliphatic rings. The van der Waals surface area contributed by atoms with E-state index in [0.29, 0.717) is 11.4 Å². The zero-order valence-electron chi connectivity index (χ0n) is 8.36. The standard InChI is InChI=1S/C10H10F2N2O2/c11-10(12)5-14(6-10)8-2-1-7(4-13-8)3-9(15)16/h1-2,4H,3,5-6H2,(H,15,16). The number of rotatable bonds is 3. The summed E-state index contributed by atoms with van der Waals surface area (Å²) in [6, 6.07) is 3.15. The first-order chi connectivity index (χ1) is 7.46. The highest BCUT2D eigenvalue weighted by molar-refractivity contribution is 5.70. The smallest absolute Gasteiger partial charge is 0.307 e. The number of alkyl halides is 2. The van der Waals surface area contributed by atoms with Crippen LogP contribution in [0.2, 0.25) is 0 Å². The maximum atomic E-state index is 12.6. The molecule has 0 bridgehead atoms. The Labute approximate surface area is 90.5 Å². The minimum absolute atomic E-state index is 0.108. The summed E-state index contributed by atoms with van der Waals surface area (Å²) >= 11 is 0. The molecule has 1 saturated heterocycles. The van der Waals surface area contributed by atoms with Gasteiger partial charge in [-0.25, -0.2) is 13.8 Å². The van der Waals surface area contributed by atoms with Crippen molar-refractivity contribution in [3.8, 4) is 0 Å². The van der Waals surface area contributed by atoms with E-state index in [2.05, 4.69) is 4.98 Å². The number of aliphatic carboxylic acids is 1. The zero-order chi connectivity index (χ0) is 11.8. The van der Waals surface area contributed by atoms with Gasteiger partial charge in [-0.05, 0) is 11.6 Å². The van der Waals surface area contributed by atoms with E-state index in [4.69, 9.17) is 5.11 Å². The van der Waals surface area contributed by atoms with E-state index in [9.17, 15) is 13.6 Å². The monoisotopic (exact) mass is 228 g/mol. The summed E-state index contributed by atoms with van der Waals surface area (Å²) in [4.78, 5) is 15.8. The summed E-state index contributed by atoms with van der Waals surface area (Å²) in [6.07, 6.45) is 1.29. The van der Waals surface area contributed by atoms with Crippen LogP contribution in [-0.2, 0) is 11.2 Å². The Balaban J connectivity index is 2.01. The van der Waals surface area contributed by atoms with E-state index < -0.39 is 11.9 Å². The van der Waals surface area contributed by atoms with Crippen LogP contribution in [0.15, 0.2) is 18.3 Å². The van der Waals surface area contributed by atoms with E-state index >= 15 is 0 Å². The van der Waals surface area contributed by atoms with Crippen LogP contribution in [0.5, 0.6) is 0 Å². The molecule has 2 heterocycles. The molecule has 2 rings (SSSR count). The van der Waals surface area contributed by atoms with Crippen LogP contribution in [0, 0.1) is 0 Å². The lowest BCUT2D eigenvalue weighted by Crippen LogP contribution is -2.56. The van der Waals surface area contributed by atoms with Crippen LogP contribution >= 0.6 is 0 Å². The minimum atomic E-state index is -2.62. The molecule has 0 atom stereocenters. The minimum Gasteiger partial charge on any atom is -0.481 e. The molecule has 0 spiro atoms. The number of pyridine rings is 1. The Kier molecular flexibility index (Phi) is 2.49. The maximum Gasteiger partial charge on any atom is 0.307 e. The number of carboxylic acid groups (broad SMARTS) is 1. The number of aromatic nitrogens is 1. The van der Waals surface area contributed by atoms with Gasteiger partial charge in [-0.1, -0.05) is 6.07 Å². The lowest BCUT2D eigenvalue weighted by atomic mass is 10.1. The highest BCUT2D eigenvalue weighted by atomic mass is 19.3. The number of carboxylic acids is 1. The van der Waals surface area contributed by atoms with Gasteiger partial charge in [0.2, 0.25) is 0 Å². The van der Waals surface area contributed by atoms with E-state index in [1.54, 1.807) is 12.1 Å². The van der Waals surface area contributed by atoms with Gasteiger partial charge >= 0.3 is 5.97 Å². The summed E-state index contributed by atoms with van der Waals surface area (Å²) in [5.41, 5.74) is 0.559. The third-order valence-corrected chi connectivity index (χ3v) is 2.33. The highest BCUT2D eigenvalue weighted by Gasteiger charge is 2.44. The molecule has 4 nitrogen and oxygen atoms in total. The molecule has 0 amide bonds. The molecule has 0 saturated carbocycles. The normalized spacial score (nSPS) is 18.0. The van der Waals surface area contributed by atoms with E-state index in [-0.39, 0.29) is 19.5 Å². The van der Waals surface area contributed by atoms with Crippen LogP contribution in [0.4, 0.5) is 14.6 Å². The van der Waals surface area contributed by atoms with Crippen LogP contribution in [0.1, 0.15) is 5.56 Å². The average Bonchev–Trinajstić information content (AvgIpc) is 2.14. The lowest BCUT2D eigenvalue weighted by molar-refractivity contribution is -0.136. The Morgan fingerprint density at radius 3 is 2.62 bits per heavy atom. The van der Waals surface area contributed by atoms with Crippen LogP contribution in [0.25, 0.3) is 0 Å². The molecule has 0 aliphatic carbocycles. The molecule has 86 valence electrons. The van der Waals surface area contributed by atoms with Gasteiger partial charge in [0, 0.05) is 6.20 Å². The van der Waals surface area contributed by atoms with Crippen molar-refractivity contribution in [2.75, 3.05) is 18.0 Å². The van der Waals surface area contributed by atoms with Gasteiger partial charge in [-0.3, -0.25) is 4.79 Å². The topological polar surface area (TPSA) is 53.4 Å². The fourth-order valence-electron chi connectivity index (χ4n) is 1.56. The van der Waals surface area contributed by atoms with Crippen molar-refractivity contribution in [2.45, 2.75) is 12.3 Å². The van der Waals surface area contributed by atoms with Crippen LogP contribution < -0.4 is 4.90 Å². The van der Waals surface area contributed by atoms with E-state index in [0.717, 1.165) is 0 Å². The molecule has 0 unspecified atom stereocenters. The van der Waals surface area contributed by atoms with Gasteiger partial charge < -0.3 is 10.0 Å². The first-order valence-electron chi connectivity index (χ1n) is 4.76. The predicted octanol–water partition coefficient (Wildman–Crippen LogP) is 1.16. The van der Waals surface area contributed by atoms with Crippen molar-refractivity contribution in [1.29, 1.82) is 0 Å². The van der Waals surface area contributed by atoms with Crippen molar-refractivity contribution in [3.63, 3.8) is 0 Å². The second-order valence-electron chi connectivity index (χ2n) is 3.81. The number of halogens is 2. The summed E-state index contributed by atoms with van der Waals surface area (Å²) in [5.74, 6) is -3.10. The SMILES string of the molecule is O=C(O)Cc1ccc(N2CC(F)(F)C2)nc1. The van der Waals surface area contributed by atoms with Gasteiger partial charge in [-0.15, -0.1) is 0 Å². The molecule has 6 heteroatoms. The molecular formula is C10H10F2N2O2. The van der Waals surface area contributed by atoms with Crippen molar-refractivity contribution in [2.24, 2.45) is 0 Å². The van der Waals surface area contributed by atoms with Crippen LogP contribution in [0.3, 0.4) is 0 Å². The van der Waals surface area contributed by atoms with E-state index in [1.165, 1.54) is 11.1 Å². The molecule has 1 aliphatic heterocycles. The largest absolute Gasteiger partial charge is 0.481 e. The van der Waals surface area contributed by atoms with Crippen LogP contribution in [-0.4, -0.2) is 35.1 Å². The summed E-state index contributed by atoms with van der Waals surface area (Å²) in [5, 5.41) is 8.53. The molecular weight excluding hydrogens is 218 g/mol. The Morgan fingerprint density at radius 2 is 2.19 bits per heavy atom. The first kappa shape index (κ1) is 10.8. The van der Waals surface area contributed by atoms with E-state index in [1.807, 2.05) is 0 Å². The summed E-state index contributed by atoms with van der Waals surface area (Å²) in [6.45, 7) is -0.642. The second-order valence-corrected chi connectivity index (χ2v) is 3.81. The third-order valence-electron chi connectivity index (χ3n) is 2.33. The Hall–Kier alpha value is -1.72. The van der Waals surface area contributed by atoms with Crippen molar-refractivity contribution >= 4 is 11.8 Å². The van der Waals surface area contributed by atoms with Gasteiger partial charge in [0.15, 0.2) is 0 Å². The second kappa shape index (κ2) is 3.70. The average molecular weight is 228 g/mol. The first-order valence-corrected chi connectivity index (χ1v) is 4.76. The van der Waals surface area contributed by atoms with Crippen molar-refractivity contribution in [3.05, 3.63) is 23.9 Å². The predicted molar refractivity (Wildman–Crippen MR) is 52.7 cm³/mol. The van der Waals surface area contributed by atoms with Gasteiger partial charge in [0.1, 0.15) is 5.82 Å². The molecule has 0 radical (unpaired) electrons. The van der Waals surface area contributed by atoms with Gasteiger partial charge in [0.25, 0.3) is 5.92 Å². The summed E-state index contributed by atoms with van der Waals surface area (Å²) < 4.78 is 25.2. The molecule has 1 N–H and O–H groups in total. The molecule has 1 aromatic rings. The number of anilines is 1. The Morgan fingerprint density at radius 1 is 1.50 bits per heavy atom. The zero-order valence-corrected chi connectivity index (χ0v) is 8.36. The molecule has 1 aromatic heterocycles. The van der Waals surface area contributed by atoms with Gasteiger partial charge in [-0.2, -0.15) is 0 Å². The quantitative estimate of drug-likeness (QED) is 0.843. The highest BCUT2D eigenvalue weighted by Crippen LogP contribution is 2.30. The fourth-order valence-corrected chi connectivity index (χ4v) is 1.56. The number of hydrogen-bond donors (Lipinski definition) is 1. The molecule has 0 aromatic carbocycles. The number of carbonyl (C=O) groups is 1. The Bertz CT molecular complexity index is 398. The lowest BCUT2D eigenvalue weighted by Gasteiger charge is -2.39. The molecule has 1 fully saturated rings. The maximum absolute atomic E-state index is 12.6. The van der Waals surface area contributed by atoms with Gasteiger partial charge in [0.05, 0.1) is 19.5 Å².